The van der Waals surface area contributed by atoms with Gasteiger partial charge in [-0.15, -0.1) is 0 Å². The Morgan fingerprint density at radius 1 is 0.882 bits per heavy atom. The SMILES string of the molecule is Clc1ccc(N=Cc2cccc(Cl)c2Cl)cc1. The lowest BCUT2D eigenvalue weighted by Gasteiger charge is -1.99. The van der Waals surface area contributed by atoms with Crippen molar-refractivity contribution in [1.82, 2.24) is 0 Å². The van der Waals surface area contributed by atoms with Gasteiger partial charge in [0, 0.05) is 16.8 Å². The molecule has 0 amide bonds. The van der Waals surface area contributed by atoms with Gasteiger partial charge in [0.25, 0.3) is 0 Å². The molecule has 0 aromatic heterocycles. The second-order valence-electron chi connectivity index (χ2n) is 3.38. The number of hydrogen-bond acceptors (Lipinski definition) is 1. The summed E-state index contributed by atoms with van der Waals surface area (Å²) in [4.78, 5) is 4.29. The third-order valence-corrected chi connectivity index (χ3v) is 3.25. The van der Waals surface area contributed by atoms with Crippen molar-refractivity contribution in [1.29, 1.82) is 0 Å². The maximum atomic E-state index is 6.04. The molecule has 0 saturated carbocycles. The van der Waals surface area contributed by atoms with E-state index in [4.69, 9.17) is 34.8 Å². The van der Waals surface area contributed by atoms with Crippen LogP contribution < -0.4 is 0 Å². The number of hydrogen-bond donors (Lipinski definition) is 0. The Hall–Kier alpha value is -1.02. The summed E-state index contributed by atoms with van der Waals surface area (Å²) in [6.07, 6.45) is 1.68. The first-order chi connectivity index (χ1) is 8.16. The fourth-order valence-electron chi connectivity index (χ4n) is 1.29. The van der Waals surface area contributed by atoms with Crippen molar-refractivity contribution in [3.63, 3.8) is 0 Å². The van der Waals surface area contributed by atoms with Crippen molar-refractivity contribution in [2.24, 2.45) is 4.99 Å². The van der Waals surface area contributed by atoms with Gasteiger partial charge in [-0.3, -0.25) is 4.99 Å². The average molecular weight is 285 g/mol. The van der Waals surface area contributed by atoms with Crippen molar-refractivity contribution >= 4 is 46.7 Å². The van der Waals surface area contributed by atoms with Crippen LogP contribution in [0, 0.1) is 0 Å². The first-order valence-electron chi connectivity index (χ1n) is 4.90. The predicted octanol–water partition coefficient (Wildman–Crippen LogP) is 5.40. The summed E-state index contributed by atoms with van der Waals surface area (Å²) >= 11 is 17.7. The molecule has 0 spiro atoms. The van der Waals surface area contributed by atoms with Gasteiger partial charge in [0.1, 0.15) is 0 Å². The number of halogens is 3. The van der Waals surface area contributed by atoms with Crippen LogP contribution >= 0.6 is 34.8 Å². The van der Waals surface area contributed by atoms with Crippen LogP contribution in [0.4, 0.5) is 5.69 Å². The molecule has 0 aliphatic carbocycles. The molecule has 0 aliphatic rings. The Labute approximate surface area is 115 Å². The van der Waals surface area contributed by atoms with Gasteiger partial charge in [0.15, 0.2) is 0 Å². The van der Waals surface area contributed by atoms with Gasteiger partial charge in [0.2, 0.25) is 0 Å². The van der Waals surface area contributed by atoms with Crippen molar-refractivity contribution in [3.8, 4) is 0 Å². The molecule has 0 saturated heterocycles. The predicted molar refractivity (Wildman–Crippen MR) is 75.2 cm³/mol. The zero-order valence-electron chi connectivity index (χ0n) is 8.70. The standard InChI is InChI=1S/C13H8Cl3N/c14-10-4-6-11(7-5-10)17-8-9-2-1-3-12(15)13(9)16/h1-8H. The smallest absolute Gasteiger partial charge is 0.0680 e. The van der Waals surface area contributed by atoms with Crippen LogP contribution in [-0.4, -0.2) is 6.21 Å². The molecule has 86 valence electrons. The summed E-state index contributed by atoms with van der Waals surface area (Å²) in [5.74, 6) is 0. The summed E-state index contributed by atoms with van der Waals surface area (Å²) in [6, 6.07) is 12.7. The molecule has 2 aromatic carbocycles. The largest absolute Gasteiger partial charge is 0.256 e. The molecule has 2 aromatic rings. The van der Waals surface area contributed by atoms with E-state index in [0.29, 0.717) is 15.1 Å². The minimum absolute atomic E-state index is 0.506. The quantitative estimate of drug-likeness (QED) is 0.655. The maximum absolute atomic E-state index is 6.04. The minimum atomic E-state index is 0.506. The van der Waals surface area contributed by atoms with Gasteiger partial charge in [0.05, 0.1) is 15.7 Å². The van der Waals surface area contributed by atoms with E-state index >= 15 is 0 Å². The van der Waals surface area contributed by atoms with Gasteiger partial charge in [-0.2, -0.15) is 0 Å². The highest BCUT2D eigenvalue weighted by atomic mass is 35.5. The average Bonchev–Trinajstić information content (AvgIpc) is 2.33. The zero-order chi connectivity index (χ0) is 12.3. The number of aliphatic imine (C=N–C) groups is 1. The van der Waals surface area contributed by atoms with Crippen LogP contribution in [0.25, 0.3) is 0 Å². The van der Waals surface area contributed by atoms with Crippen molar-refractivity contribution in [3.05, 3.63) is 63.1 Å². The van der Waals surface area contributed by atoms with E-state index in [2.05, 4.69) is 4.99 Å². The molecule has 0 aliphatic heterocycles. The van der Waals surface area contributed by atoms with Crippen LogP contribution in [0.5, 0.6) is 0 Å². The second kappa shape index (κ2) is 5.54. The summed E-state index contributed by atoms with van der Waals surface area (Å²) in [5, 5.41) is 1.71. The molecule has 4 heteroatoms. The lowest BCUT2D eigenvalue weighted by molar-refractivity contribution is 1.52. The first-order valence-corrected chi connectivity index (χ1v) is 6.04. The summed E-state index contributed by atoms with van der Waals surface area (Å²) < 4.78 is 0. The monoisotopic (exact) mass is 283 g/mol. The molecule has 0 heterocycles. The van der Waals surface area contributed by atoms with Crippen molar-refractivity contribution in [2.45, 2.75) is 0 Å². The Morgan fingerprint density at radius 3 is 2.29 bits per heavy atom. The van der Waals surface area contributed by atoms with Gasteiger partial charge >= 0.3 is 0 Å². The molecule has 0 atom stereocenters. The van der Waals surface area contributed by atoms with Gasteiger partial charge in [-0.05, 0) is 30.3 Å². The summed E-state index contributed by atoms with van der Waals surface area (Å²) in [7, 11) is 0. The third kappa shape index (κ3) is 3.22. The molecule has 0 N–H and O–H groups in total. The van der Waals surface area contributed by atoms with E-state index in [1.165, 1.54) is 0 Å². The lowest BCUT2D eigenvalue weighted by atomic mass is 10.2. The van der Waals surface area contributed by atoms with Crippen LogP contribution in [-0.2, 0) is 0 Å². The topological polar surface area (TPSA) is 12.4 Å². The maximum Gasteiger partial charge on any atom is 0.0680 e. The second-order valence-corrected chi connectivity index (χ2v) is 4.60. The van der Waals surface area contributed by atoms with E-state index in [-0.39, 0.29) is 0 Å². The van der Waals surface area contributed by atoms with Gasteiger partial charge in [-0.1, -0.05) is 46.9 Å². The van der Waals surface area contributed by atoms with Crippen LogP contribution in [0.1, 0.15) is 5.56 Å². The number of benzene rings is 2. The first kappa shape index (κ1) is 12.4. The van der Waals surface area contributed by atoms with Crippen molar-refractivity contribution in [2.75, 3.05) is 0 Å². The molecule has 17 heavy (non-hydrogen) atoms. The normalized spacial score (nSPS) is 11.0. The van der Waals surface area contributed by atoms with Crippen LogP contribution in [0.2, 0.25) is 15.1 Å². The molecular weight excluding hydrogens is 277 g/mol. The lowest BCUT2D eigenvalue weighted by Crippen LogP contribution is -1.82. The zero-order valence-corrected chi connectivity index (χ0v) is 11.0. The summed E-state index contributed by atoms with van der Waals surface area (Å²) in [5.41, 5.74) is 1.60. The Morgan fingerprint density at radius 2 is 1.59 bits per heavy atom. The molecule has 2 rings (SSSR count). The fraction of sp³-hybridized carbons (Fsp3) is 0. The highest BCUT2D eigenvalue weighted by molar-refractivity contribution is 6.43. The third-order valence-electron chi connectivity index (χ3n) is 2.16. The van der Waals surface area contributed by atoms with E-state index in [0.717, 1.165) is 11.3 Å². The van der Waals surface area contributed by atoms with E-state index in [1.807, 2.05) is 24.3 Å². The molecule has 1 nitrogen and oxygen atoms in total. The molecule has 0 bridgehead atoms. The number of nitrogens with zero attached hydrogens (tertiary/aromatic N) is 1. The number of rotatable bonds is 2. The van der Waals surface area contributed by atoms with Crippen molar-refractivity contribution < 1.29 is 0 Å². The van der Waals surface area contributed by atoms with E-state index < -0.39 is 0 Å². The Kier molecular flexibility index (Phi) is 4.06. The molecular formula is C13H8Cl3N. The fourth-order valence-corrected chi connectivity index (χ4v) is 1.77. The highest BCUT2D eigenvalue weighted by Crippen LogP contribution is 2.25. The van der Waals surface area contributed by atoms with Crippen LogP contribution in [0.3, 0.4) is 0 Å². The van der Waals surface area contributed by atoms with Gasteiger partial charge < -0.3 is 0 Å². The van der Waals surface area contributed by atoms with Gasteiger partial charge in [-0.25, -0.2) is 0 Å². The molecule has 0 unspecified atom stereocenters. The minimum Gasteiger partial charge on any atom is -0.256 e. The Balaban J connectivity index is 2.26. The Bertz CT molecular complexity index is 547. The summed E-state index contributed by atoms with van der Waals surface area (Å²) in [6.45, 7) is 0. The highest BCUT2D eigenvalue weighted by Gasteiger charge is 2.01. The van der Waals surface area contributed by atoms with Crippen LogP contribution in [0.15, 0.2) is 47.5 Å². The molecule has 0 fully saturated rings. The van der Waals surface area contributed by atoms with E-state index in [1.54, 1.807) is 24.4 Å². The van der Waals surface area contributed by atoms with E-state index in [9.17, 15) is 0 Å². The molecule has 0 radical (unpaired) electrons.